The van der Waals surface area contributed by atoms with Crippen molar-refractivity contribution in [3.8, 4) is 0 Å². The van der Waals surface area contributed by atoms with Crippen molar-refractivity contribution >= 4 is 16.6 Å². The largest absolute Gasteiger partial charge is 0.397 e. The Hall–Kier alpha value is -1.64. The Balaban J connectivity index is 2.81. The number of pyridine rings is 1. The fourth-order valence-electron chi connectivity index (χ4n) is 1.25. The molecule has 0 saturated heterocycles. The monoisotopic (exact) mass is 176 g/mol. The number of hydrogen-bond acceptors (Lipinski definition) is 2. The third-order valence-corrected chi connectivity index (χ3v) is 2.01. The summed E-state index contributed by atoms with van der Waals surface area (Å²) in [5.41, 5.74) is 7.69. The van der Waals surface area contributed by atoms with Crippen molar-refractivity contribution in [1.82, 2.24) is 4.98 Å². The molecule has 2 N–H and O–H groups in total. The van der Waals surface area contributed by atoms with Crippen LogP contribution in [0.4, 0.5) is 10.1 Å². The quantitative estimate of drug-likeness (QED) is 0.668. The molecule has 1 aromatic heterocycles. The van der Waals surface area contributed by atoms with Crippen LogP contribution in [0.1, 0.15) is 5.69 Å². The minimum atomic E-state index is -0.274. The van der Waals surface area contributed by atoms with E-state index in [9.17, 15) is 4.39 Å². The summed E-state index contributed by atoms with van der Waals surface area (Å²) in [6.07, 6.45) is 0. The van der Waals surface area contributed by atoms with Gasteiger partial charge in [-0.1, -0.05) is 0 Å². The lowest BCUT2D eigenvalue weighted by Crippen LogP contribution is -1.93. The molecule has 0 aliphatic heterocycles. The highest BCUT2D eigenvalue weighted by atomic mass is 19.1. The highest BCUT2D eigenvalue weighted by Gasteiger charge is 2.00. The summed E-state index contributed by atoms with van der Waals surface area (Å²) < 4.78 is 12.8. The maximum Gasteiger partial charge on any atom is 0.125 e. The summed E-state index contributed by atoms with van der Waals surface area (Å²) >= 11 is 0. The van der Waals surface area contributed by atoms with E-state index >= 15 is 0 Å². The molecular weight excluding hydrogens is 167 g/mol. The summed E-state index contributed by atoms with van der Waals surface area (Å²) in [5, 5.41) is 0.865. The normalized spacial score (nSPS) is 10.6. The van der Waals surface area contributed by atoms with E-state index < -0.39 is 0 Å². The van der Waals surface area contributed by atoms with E-state index in [1.54, 1.807) is 19.1 Å². The number of aryl methyl sites for hydroxylation is 1. The van der Waals surface area contributed by atoms with Gasteiger partial charge >= 0.3 is 0 Å². The lowest BCUT2D eigenvalue weighted by molar-refractivity contribution is 0.629. The number of nitrogen functional groups attached to an aromatic ring is 1. The van der Waals surface area contributed by atoms with Crippen molar-refractivity contribution in [2.45, 2.75) is 6.92 Å². The van der Waals surface area contributed by atoms with Crippen LogP contribution in [0.3, 0.4) is 0 Å². The smallest absolute Gasteiger partial charge is 0.125 e. The van der Waals surface area contributed by atoms with Crippen molar-refractivity contribution in [2.75, 3.05) is 5.73 Å². The van der Waals surface area contributed by atoms with Crippen LogP contribution in [0, 0.1) is 12.7 Å². The maximum atomic E-state index is 12.8. The molecule has 0 amide bonds. The van der Waals surface area contributed by atoms with E-state index in [1.807, 2.05) is 0 Å². The molecule has 3 heteroatoms. The average Bonchev–Trinajstić information content (AvgIpc) is 2.08. The summed E-state index contributed by atoms with van der Waals surface area (Å²) in [7, 11) is 0. The molecule has 0 saturated carbocycles. The number of anilines is 1. The lowest BCUT2D eigenvalue weighted by Gasteiger charge is -2.02. The van der Waals surface area contributed by atoms with Gasteiger partial charge in [0.25, 0.3) is 0 Å². The minimum Gasteiger partial charge on any atom is -0.397 e. The molecule has 0 spiro atoms. The second-order valence-corrected chi connectivity index (χ2v) is 3.00. The average molecular weight is 176 g/mol. The molecule has 0 bridgehead atoms. The minimum absolute atomic E-state index is 0.274. The van der Waals surface area contributed by atoms with Crippen LogP contribution in [0.25, 0.3) is 10.9 Å². The van der Waals surface area contributed by atoms with Crippen molar-refractivity contribution in [1.29, 1.82) is 0 Å². The Kier molecular flexibility index (Phi) is 1.65. The first kappa shape index (κ1) is 7.98. The molecule has 0 fully saturated rings. The number of rotatable bonds is 0. The van der Waals surface area contributed by atoms with Crippen LogP contribution in [0.15, 0.2) is 24.3 Å². The van der Waals surface area contributed by atoms with Gasteiger partial charge in [-0.15, -0.1) is 0 Å². The van der Waals surface area contributed by atoms with Crippen molar-refractivity contribution in [3.63, 3.8) is 0 Å². The maximum absolute atomic E-state index is 12.8. The van der Waals surface area contributed by atoms with Gasteiger partial charge in [-0.2, -0.15) is 0 Å². The van der Waals surface area contributed by atoms with Crippen molar-refractivity contribution < 1.29 is 4.39 Å². The van der Waals surface area contributed by atoms with Gasteiger partial charge in [0.1, 0.15) is 5.82 Å². The van der Waals surface area contributed by atoms with Crippen LogP contribution in [-0.2, 0) is 0 Å². The second-order valence-electron chi connectivity index (χ2n) is 3.00. The zero-order valence-electron chi connectivity index (χ0n) is 7.21. The number of nitrogens with zero attached hydrogens (tertiary/aromatic N) is 1. The van der Waals surface area contributed by atoms with E-state index in [0.29, 0.717) is 11.2 Å². The number of halogens is 1. The summed E-state index contributed by atoms with van der Waals surface area (Å²) in [4.78, 5) is 4.17. The fourth-order valence-corrected chi connectivity index (χ4v) is 1.25. The van der Waals surface area contributed by atoms with E-state index in [0.717, 1.165) is 11.1 Å². The van der Waals surface area contributed by atoms with Crippen molar-refractivity contribution in [3.05, 3.63) is 35.8 Å². The molecule has 0 unspecified atom stereocenters. The third-order valence-electron chi connectivity index (χ3n) is 2.01. The summed E-state index contributed by atoms with van der Waals surface area (Å²) in [5.74, 6) is -0.274. The Labute approximate surface area is 75.2 Å². The highest BCUT2D eigenvalue weighted by Crippen LogP contribution is 2.18. The van der Waals surface area contributed by atoms with Crippen LogP contribution in [0.2, 0.25) is 0 Å². The van der Waals surface area contributed by atoms with E-state index in [2.05, 4.69) is 4.98 Å². The first-order chi connectivity index (χ1) is 6.16. The van der Waals surface area contributed by atoms with Gasteiger partial charge in [0.2, 0.25) is 0 Å². The topological polar surface area (TPSA) is 38.9 Å². The molecule has 0 atom stereocenters. The Morgan fingerprint density at radius 1 is 1.31 bits per heavy atom. The molecule has 0 radical (unpaired) electrons. The van der Waals surface area contributed by atoms with Crippen LogP contribution >= 0.6 is 0 Å². The number of hydrogen-bond donors (Lipinski definition) is 1. The van der Waals surface area contributed by atoms with E-state index in [-0.39, 0.29) is 5.82 Å². The van der Waals surface area contributed by atoms with Gasteiger partial charge in [0.15, 0.2) is 0 Å². The SMILES string of the molecule is Cc1nc2cc(F)ccc2cc1N. The molecule has 13 heavy (non-hydrogen) atoms. The van der Waals surface area contributed by atoms with Crippen LogP contribution in [0.5, 0.6) is 0 Å². The fraction of sp³-hybridized carbons (Fsp3) is 0.100. The second kappa shape index (κ2) is 2.69. The molecule has 1 heterocycles. The summed E-state index contributed by atoms with van der Waals surface area (Å²) in [6.45, 7) is 1.81. The molecule has 2 nitrogen and oxygen atoms in total. The molecule has 2 aromatic rings. The molecule has 0 aliphatic carbocycles. The molecule has 66 valence electrons. The zero-order valence-corrected chi connectivity index (χ0v) is 7.21. The van der Waals surface area contributed by atoms with Crippen LogP contribution in [-0.4, -0.2) is 4.98 Å². The van der Waals surface area contributed by atoms with Crippen molar-refractivity contribution in [2.24, 2.45) is 0 Å². The van der Waals surface area contributed by atoms with Gasteiger partial charge in [-0.25, -0.2) is 4.39 Å². The number of aromatic nitrogens is 1. The predicted octanol–water partition coefficient (Wildman–Crippen LogP) is 2.26. The lowest BCUT2D eigenvalue weighted by atomic mass is 10.2. The number of fused-ring (bicyclic) bond motifs is 1. The van der Waals surface area contributed by atoms with Gasteiger partial charge in [-0.05, 0) is 25.1 Å². The first-order valence-electron chi connectivity index (χ1n) is 3.99. The van der Waals surface area contributed by atoms with Gasteiger partial charge in [0, 0.05) is 11.5 Å². The third kappa shape index (κ3) is 1.33. The summed E-state index contributed by atoms with van der Waals surface area (Å²) in [6, 6.07) is 6.28. The standard InChI is InChI=1S/C10H9FN2/c1-6-9(12)4-7-2-3-8(11)5-10(7)13-6/h2-5H,12H2,1H3. The zero-order chi connectivity index (χ0) is 9.42. The molecule has 0 aliphatic rings. The number of benzene rings is 1. The van der Waals surface area contributed by atoms with Gasteiger partial charge in [0.05, 0.1) is 16.9 Å². The van der Waals surface area contributed by atoms with Crippen LogP contribution < -0.4 is 5.73 Å². The molecule has 1 aromatic carbocycles. The first-order valence-corrected chi connectivity index (χ1v) is 3.99. The molecule has 2 rings (SSSR count). The number of nitrogens with two attached hydrogens (primary N) is 1. The van der Waals surface area contributed by atoms with E-state index in [4.69, 9.17) is 5.73 Å². The highest BCUT2D eigenvalue weighted by molar-refractivity contribution is 5.82. The Morgan fingerprint density at radius 3 is 2.85 bits per heavy atom. The van der Waals surface area contributed by atoms with Gasteiger partial charge < -0.3 is 5.73 Å². The predicted molar refractivity (Wildman–Crippen MR) is 50.9 cm³/mol. The Bertz CT molecular complexity index is 466. The van der Waals surface area contributed by atoms with E-state index in [1.165, 1.54) is 12.1 Å². The molecular formula is C10H9FN2. The van der Waals surface area contributed by atoms with Gasteiger partial charge in [-0.3, -0.25) is 4.98 Å². The Morgan fingerprint density at radius 2 is 2.08 bits per heavy atom.